The zero-order valence-electron chi connectivity index (χ0n) is 22.3. The second kappa shape index (κ2) is 12.5. The fourth-order valence-electron chi connectivity index (χ4n) is 5.25. The van der Waals surface area contributed by atoms with Crippen LogP contribution in [-0.4, -0.2) is 53.5 Å². The van der Waals surface area contributed by atoms with E-state index in [1.807, 2.05) is 54.0 Å². The van der Waals surface area contributed by atoms with E-state index < -0.39 is 11.7 Å². The molecule has 1 aliphatic rings. The number of carbonyl (C=O) groups excluding carboxylic acids is 1. The van der Waals surface area contributed by atoms with Gasteiger partial charge < -0.3 is 14.5 Å². The van der Waals surface area contributed by atoms with Gasteiger partial charge in [0.1, 0.15) is 0 Å². The van der Waals surface area contributed by atoms with Crippen LogP contribution in [0.3, 0.4) is 0 Å². The molecule has 1 amide bonds. The van der Waals surface area contributed by atoms with Gasteiger partial charge in [-0.15, -0.1) is 0 Å². The summed E-state index contributed by atoms with van der Waals surface area (Å²) in [6.07, 6.45) is -0.481. The number of carbonyl (C=O) groups is 1. The number of benzene rings is 2. The minimum atomic E-state index is -4.40. The van der Waals surface area contributed by atoms with Crippen LogP contribution in [0.15, 0.2) is 53.5 Å². The Morgan fingerprint density at radius 3 is 2.41 bits per heavy atom. The number of amides is 1. The Bertz CT molecular complexity index is 1060. The molecule has 202 valence electrons. The van der Waals surface area contributed by atoms with Gasteiger partial charge in [0.15, 0.2) is 0 Å². The number of likely N-dealkylation sites (tertiary alicyclic amines) is 1. The van der Waals surface area contributed by atoms with Crippen molar-refractivity contribution in [2.45, 2.75) is 90.3 Å². The van der Waals surface area contributed by atoms with Crippen molar-refractivity contribution in [3.63, 3.8) is 0 Å². The molecule has 0 aromatic heterocycles. The Balaban J connectivity index is 1.93. The lowest BCUT2D eigenvalue weighted by molar-refractivity contribution is -0.137. The van der Waals surface area contributed by atoms with Crippen LogP contribution in [-0.2, 0) is 23.9 Å². The van der Waals surface area contributed by atoms with Crippen molar-refractivity contribution in [2.24, 2.45) is 4.99 Å². The van der Waals surface area contributed by atoms with Crippen LogP contribution >= 0.6 is 0 Å². The van der Waals surface area contributed by atoms with Crippen molar-refractivity contribution in [2.75, 3.05) is 7.05 Å². The molecule has 1 unspecified atom stereocenters. The van der Waals surface area contributed by atoms with E-state index in [0.717, 1.165) is 12.0 Å². The minimum absolute atomic E-state index is 0.000288. The van der Waals surface area contributed by atoms with Crippen molar-refractivity contribution in [1.29, 1.82) is 0 Å². The predicted molar refractivity (Wildman–Crippen MR) is 141 cm³/mol. The highest BCUT2D eigenvalue weighted by Gasteiger charge is 2.40. The van der Waals surface area contributed by atoms with E-state index in [1.54, 1.807) is 26.4 Å². The van der Waals surface area contributed by atoms with E-state index >= 15 is 0 Å². The number of aryl methyl sites for hydroxylation is 1. The van der Waals surface area contributed by atoms with E-state index in [0.29, 0.717) is 36.9 Å². The molecular weight excluding hydrogens is 479 g/mol. The molecule has 2 aromatic carbocycles. The van der Waals surface area contributed by atoms with Gasteiger partial charge in [0.05, 0.1) is 18.0 Å². The molecule has 3 atom stereocenters. The van der Waals surface area contributed by atoms with Crippen LogP contribution in [0.2, 0.25) is 0 Å². The van der Waals surface area contributed by atoms with Gasteiger partial charge in [-0.05, 0) is 69.7 Å². The van der Waals surface area contributed by atoms with Crippen LogP contribution in [0.1, 0.15) is 62.3 Å². The van der Waals surface area contributed by atoms with Gasteiger partial charge in [0, 0.05) is 31.7 Å². The van der Waals surface area contributed by atoms with Crippen LogP contribution in [0, 0.1) is 6.92 Å². The second-order valence-corrected chi connectivity index (χ2v) is 10.1. The highest BCUT2D eigenvalue weighted by atomic mass is 19.4. The molecule has 0 spiro atoms. The number of nitrogens with zero attached hydrogens (tertiary/aromatic N) is 3. The fraction of sp³-hybridized carbons (Fsp3) is 0.517. The SMILES string of the molecule is CCC1C[C@H](N(C=NC)Cc2cc(C)cc(C(F)(F)F)c2)C[C@H](Cc2ccccc2)N1C(=O)OC(C)C. The van der Waals surface area contributed by atoms with Gasteiger partial charge in [0.2, 0.25) is 0 Å². The zero-order valence-corrected chi connectivity index (χ0v) is 22.3. The standard InChI is InChI=1S/C29H38F3N3O2/c1-6-25-16-26(34(19-33-5)18-23-12-21(4)13-24(14-23)29(30,31)32)17-27(15-22-10-8-7-9-11-22)35(25)28(36)37-20(2)3/h7-14,19-20,25-27H,6,15-18H2,1-5H3/t25?,26-,27-/m0/s1. The van der Waals surface area contributed by atoms with E-state index in [2.05, 4.69) is 11.9 Å². The maximum absolute atomic E-state index is 13.5. The number of hydrogen-bond donors (Lipinski definition) is 0. The van der Waals surface area contributed by atoms with Crippen LogP contribution < -0.4 is 0 Å². The average molecular weight is 518 g/mol. The zero-order chi connectivity index (χ0) is 27.2. The predicted octanol–water partition coefficient (Wildman–Crippen LogP) is 6.87. The lowest BCUT2D eigenvalue weighted by atomic mass is 9.86. The summed E-state index contributed by atoms with van der Waals surface area (Å²) in [5, 5.41) is 0. The molecule has 0 aliphatic carbocycles. The number of rotatable bonds is 8. The Labute approximate surface area is 218 Å². The first-order chi connectivity index (χ1) is 17.5. The molecule has 37 heavy (non-hydrogen) atoms. The minimum Gasteiger partial charge on any atom is -0.447 e. The Morgan fingerprint density at radius 2 is 1.81 bits per heavy atom. The first-order valence-corrected chi connectivity index (χ1v) is 12.9. The van der Waals surface area contributed by atoms with Gasteiger partial charge >= 0.3 is 12.3 Å². The van der Waals surface area contributed by atoms with Crippen LogP contribution in [0.4, 0.5) is 18.0 Å². The summed E-state index contributed by atoms with van der Waals surface area (Å²) >= 11 is 0. The highest BCUT2D eigenvalue weighted by molar-refractivity contribution is 5.69. The first-order valence-electron chi connectivity index (χ1n) is 12.9. The number of ether oxygens (including phenoxy) is 1. The third-order valence-electron chi connectivity index (χ3n) is 6.77. The topological polar surface area (TPSA) is 45.1 Å². The summed E-state index contributed by atoms with van der Waals surface area (Å²) in [4.78, 5) is 21.3. The largest absolute Gasteiger partial charge is 0.447 e. The molecule has 0 N–H and O–H groups in total. The molecule has 1 saturated heterocycles. The molecule has 0 saturated carbocycles. The summed E-state index contributed by atoms with van der Waals surface area (Å²) in [5.41, 5.74) is 1.63. The number of alkyl halides is 3. The number of halogens is 3. The first kappa shape index (κ1) is 28.5. The second-order valence-electron chi connectivity index (χ2n) is 10.1. The molecule has 8 heteroatoms. The number of aliphatic imine (C=N–C) groups is 1. The molecule has 5 nitrogen and oxygen atoms in total. The average Bonchev–Trinajstić information content (AvgIpc) is 2.82. The monoisotopic (exact) mass is 517 g/mol. The maximum atomic E-state index is 13.5. The Kier molecular flexibility index (Phi) is 9.62. The van der Waals surface area contributed by atoms with Crippen molar-refractivity contribution < 1.29 is 22.7 Å². The normalized spacial score (nSPS) is 20.5. The van der Waals surface area contributed by atoms with Crippen molar-refractivity contribution >= 4 is 12.4 Å². The third-order valence-corrected chi connectivity index (χ3v) is 6.77. The molecule has 1 heterocycles. The maximum Gasteiger partial charge on any atom is 0.416 e. The Morgan fingerprint density at radius 1 is 1.14 bits per heavy atom. The van der Waals surface area contributed by atoms with E-state index in [-0.39, 0.29) is 30.3 Å². The molecule has 0 bridgehead atoms. The van der Waals surface area contributed by atoms with Crippen molar-refractivity contribution in [1.82, 2.24) is 9.80 Å². The molecular formula is C29H38F3N3O2. The van der Waals surface area contributed by atoms with Gasteiger partial charge in [-0.25, -0.2) is 4.79 Å². The summed E-state index contributed by atoms with van der Waals surface area (Å²) in [7, 11) is 1.66. The third kappa shape index (κ3) is 7.73. The van der Waals surface area contributed by atoms with Crippen LogP contribution in [0.25, 0.3) is 0 Å². The van der Waals surface area contributed by atoms with Gasteiger partial charge in [-0.3, -0.25) is 4.99 Å². The summed E-state index contributed by atoms with van der Waals surface area (Å²) < 4.78 is 46.0. The summed E-state index contributed by atoms with van der Waals surface area (Å²) in [6.45, 7) is 7.72. The van der Waals surface area contributed by atoms with E-state index in [9.17, 15) is 18.0 Å². The van der Waals surface area contributed by atoms with Crippen molar-refractivity contribution in [3.05, 3.63) is 70.8 Å². The lowest BCUT2D eigenvalue weighted by Crippen LogP contribution is -2.57. The number of hydrogen-bond acceptors (Lipinski definition) is 3. The molecule has 0 radical (unpaired) electrons. The van der Waals surface area contributed by atoms with Crippen molar-refractivity contribution in [3.8, 4) is 0 Å². The fourth-order valence-corrected chi connectivity index (χ4v) is 5.25. The van der Waals surface area contributed by atoms with E-state index in [4.69, 9.17) is 4.74 Å². The highest BCUT2D eigenvalue weighted by Crippen LogP contribution is 2.34. The molecule has 2 aromatic rings. The summed E-state index contributed by atoms with van der Waals surface area (Å²) in [5.74, 6) is 0. The van der Waals surface area contributed by atoms with E-state index in [1.165, 1.54) is 12.1 Å². The smallest absolute Gasteiger partial charge is 0.416 e. The number of piperidine rings is 1. The summed E-state index contributed by atoms with van der Waals surface area (Å²) in [6, 6.07) is 14.0. The van der Waals surface area contributed by atoms with Gasteiger partial charge in [0.25, 0.3) is 0 Å². The molecule has 1 aliphatic heterocycles. The molecule has 3 rings (SSSR count). The van der Waals surface area contributed by atoms with Gasteiger partial charge in [-0.1, -0.05) is 48.9 Å². The lowest BCUT2D eigenvalue weighted by Gasteiger charge is -2.47. The molecule has 1 fully saturated rings. The Hall–Kier alpha value is -3.03. The van der Waals surface area contributed by atoms with Crippen LogP contribution in [0.5, 0.6) is 0 Å². The quantitative estimate of drug-likeness (QED) is 0.283. The van der Waals surface area contributed by atoms with Gasteiger partial charge in [-0.2, -0.15) is 13.2 Å².